The molecule has 4 rings (SSSR count). The van der Waals surface area contributed by atoms with Gasteiger partial charge in [-0.3, -0.25) is 4.79 Å². The second-order valence-corrected chi connectivity index (χ2v) is 7.70. The van der Waals surface area contributed by atoms with Crippen LogP contribution in [0.3, 0.4) is 0 Å². The third kappa shape index (κ3) is 3.15. The van der Waals surface area contributed by atoms with Crippen LogP contribution in [0.5, 0.6) is 0 Å². The Morgan fingerprint density at radius 2 is 2.11 bits per heavy atom. The number of carbonyl (C=O) groups excluding carboxylic acids is 2. The van der Waals surface area contributed by atoms with Crippen molar-refractivity contribution in [2.75, 3.05) is 19.6 Å². The number of rotatable bonds is 4. The molecule has 2 aromatic rings. The van der Waals surface area contributed by atoms with Crippen LogP contribution in [-0.2, 0) is 4.74 Å². The monoisotopic (exact) mass is 370 g/mol. The standard InChI is InChI=1S/C20H26N4O3/c1-3-6-15(2)23-14-20(27-19(23)26)8-11-22(12-9-20)18(25)16-13-21-24-10-5-4-7-17(16)24/h4-5,7,10,13,15H,3,6,8-9,11-12,14H2,1-2H3/t15-/m0/s1. The summed E-state index contributed by atoms with van der Waals surface area (Å²) in [5, 5.41) is 4.26. The highest BCUT2D eigenvalue weighted by Crippen LogP contribution is 2.35. The minimum atomic E-state index is -0.447. The predicted molar refractivity (Wildman–Crippen MR) is 101 cm³/mol. The molecule has 2 saturated heterocycles. The zero-order valence-corrected chi connectivity index (χ0v) is 15.9. The molecule has 0 aromatic carbocycles. The normalized spacial score (nSPS) is 20.3. The van der Waals surface area contributed by atoms with E-state index in [1.54, 1.807) is 10.7 Å². The highest BCUT2D eigenvalue weighted by atomic mass is 16.6. The first-order valence-corrected chi connectivity index (χ1v) is 9.74. The number of hydrogen-bond donors (Lipinski definition) is 0. The van der Waals surface area contributed by atoms with Crippen LogP contribution in [-0.4, -0.2) is 62.7 Å². The van der Waals surface area contributed by atoms with Crippen molar-refractivity contribution in [2.24, 2.45) is 0 Å². The van der Waals surface area contributed by atoms with Crippen molar-refractivity contribution in [3.8, 4) is 0 Å². The van der Waals surface area contributed by atoms with Gasteiger partial charge in [-0.25, -0.2) is 9.31 Å². The first-order chi connectivity index (χ1) is 13.0. The molecule has 2 aliphatic rings. The van der Waals surface area contributed by atoms with Crippen molar-refractivity contribution in [3.05, 3.63) is 36.2 Å². The Kier molecular flexibility index (Phi) is 4.53. The van der Waals surface area contributed by atoms with E-state index in [1.807, 2.05) is 34.2 Å². The van der Waals surface area contributed by atoms with Gasteiger partial charge in [0.25, 0.3) is 5.91 Å². The van der Waals surface area contributed by atoms with Crippen molar-refractivity contribution in [3.63, 3.8) is 0 Å². The van der Waals surface area contributed by atoms with Crippen LogP contribution in [0.2, 0.25) is 0 Å². The molecule has 27 heavy (non-hydrogen) atoms. The summed E-state index contributed by atoms with van der Waals surface area (Å²) in [6.45, 7) is 6.01. The van der Waals surface area contributed by atoms with Gasteiger partial charge in [0.15, 0.2) is 0 Å². The molecular weight excluding hydrogens is 344 g/mol. The molecule has 144 valence electrons. The molecule has 0 radical (unpaired) electrons. The average Bonchev–Trinajstić information content (AvgIpc) is 3.23. The van der Waals surface area contributed by atoms with E-state index in [0.717, 1.165) is 18.4 Å². The topological polar surface area (TPSA) is 67.2 Å². The zero-order chi connectivity index (χ0) is 19.0. The highest BCUT2D eigenvalue weighted by Gasteiger charge is 2.48. The molecule has 2 amide bonds. The summed E-state index contributed by atoms with van der Waals surface area (Å²) in [6.07, 6.45) is 6.63. The Balaban J connectivity index is 1.43. The number of nitrogens with zero attached hydrogens (tertiary/aromatic N) is 4. The maximum atomic E-state index is 13.0. The molecule has 7 heteroatoms. The van der Waals surface area contributed by atoms with Crippen LogP contribution in [0, 0.1) is 0 Å². The third-order valence-corrected chi connectivity index (χ3v) is 5.85. The van der Waals surface area contributed by atoms with Gasteiger partial charge in [0.2, 0.25) is 0 Å². The van der Waals surface area contributed by atoms with Crippen molar-refractivity contribution in [2.45, 2.75) is 51.2 Å². The van der Waals surface area contributed by atoms with E-state index >= 15 is 0 Å². The Bertz CT molecular complexity index is 854. The number of aromatic nitrogens is 2. The molecular formula is C20H26N4O3. The summed E-state index contributed by atoms with van der Waals surface area (Å²) < 4.78 is 7.50. The predicted octanol–water partition coefficient (Wildman–Crippen LogP) is 2.95. The minimum Gasteiger partial charge on any atom is -0.441 e. The molecule has 0 aliphatic carbocycles. The number of fused-ring (bicyclic) bond motifs is 1. The van der Waals surface area contributed by atoms with Crippen molar-refractivity contribution in [1.29, 1.82) is 0 Å². The second-order valence-electron chi connectivity index (χ2n) is 7.70. The van der Waals surface area contributed by atoms with Gasteiger partial charge in [-0.05, 0) is 25.5 Å². The van der Waals surface area contributed by atoms with Gasteiger partial charge in [-0.2, -0.15) is 5.10 Å². The minimum absolute atomic E-state index is 0.00780. The van der Waals surface area contributed by atoms with E-state index in [-0.39, 0.29) is 18.0 Å². The van der Waals surface area contributed by atoms with Gasteiger partial charge in [0.1, 0.15) is 5.60 Å². The maximum absolute atomic E-state index is 13.0. The van der Waals surface area contributed by atoms with Crippen LogP contribution in [0.25, 0.3) is 5.52 Å². The fourth-order valence-corrected chi connectivity index (χ4v) is 4.21. The van der Waals surface area contributed by atoms with Crippen molar-refractivity contribution >= 4 is 17.5 Å². The number of piperidine rings is 1. The van der Waals surface area contributed by atoms with E-state index in [2.05, 4.69) is 18.9 Å². The van der Waals surface area contributed by atoms with E-state index in [1.165, 1.54) is 0 Å². The largest absolute Gasteiger partial charge is 0.441 e. The lowest BCUT2D eigenvalue weighted by Crippen LogP contribution is -2.49. The summed E-state index contributed by atoms with van der Waals surface area (Å²) >= 11 is 0. The van der Waals surface area contributed by atoms with Gasteiger partial charge < -0.3 is 14.5 Å². The van der Waals surface area contributed by atoms with Gasteiger partial charge in [0, 0.05) is 38.2 Å². The molecule has 0 unspecified atom stereocenters. The number of hydrogen-bond acceptors (Lipinski definition) is 4. The molecule has 0 bridgehead atoms. The average molecular weight is 370 g/mol. The molecule has 0 N–H and O–H groups in total. The van der Waals surface area contributed by atoms with E-state index < -0.39 is 5.60 Å². The molecule has 1 atom stereocenters. The lowest BCUT2D eigenvalue weighted by molar-refractivity contribution is 0.00313. The van der Waals surface area contributed by atoms with Crippen LogP contribution >= 0.6 is 0 Å². The molecule has 2 aromatic heterocycles. The number of amides is 2. The number of carbonyl (C=O) groups is 2. The summed E-state index contributed by atoms with van der Waals surface area (Å²) in [6, 6.07) is 5.89. The molecule has 7 nitrogen and oxygen atoms in total. The fourth-order valence-electron chi connectivity index (χ4n) is 4.21. The third-order valence-electron chi connectivity index (χ3n) is 5.85. The number of pyridine rings is 1. The lowest BCUT2D eigenvalue weighted by Gasteiger charge is -2.37. The Hall–Kier alpha value is -2.57. The molecule has 2 fully saturated rings. The van der Waals surface area contributed by atoms with Gasteiger partial charge in [0.05, 0.1) is 23.8 Å². The number of ether oxygens (including phenoxy) is 1. The van der Waals surface area contributed by atoms with E-state index in [0.29, 0.717) is 38.0 Å². The smallest absolute Gasteiger partial charge is 0.410 e. The van der Waals surface area contributed by atoms with Crippen molar-refractivity contribution in [1.82, 2.24) is 19.4 Å². The summed E-state index contributed by atoms with van der Waals surface area (Å²) in [4.78, 5) is 29.0. The molecule has 0 saturated carbocycles. The molecule has 1 spiro atoms. The Morgan fingerprint density at radius 1 is 1.33 bits per heavy atom. The summed E-state index contributed by atoms with van der Waals surface area (Å²) in [7, 11) is 0. The SMILES string of the molecule is CCC[C@H](C)N1CC2(CCN(C(=O)c3cnn4ccccc34)CC2)OC1=O. The lowest BCUT2D eigenvalue weighted by atomic mass is 9.90. The van der Waals surface area contributed by atoms with Crippen molar-refractivity contribution < 1.29 is 14.3 Å². The first-order valence-electron chi connectivity index (χ1n) is 9.74. The Labute approximate surface area is 158 Å². The second kappa shape index (κ2) is 6.87. The van der Waals surface area contributed by atoms with E-state index in [9.17, 15) is 9.59 Å². The van der Waals surface area contributed by atoms with Crippen LogP contribution in [0.15, 0.2) is 30.6 Å². The summed E-state index contributed by atoms with van der Waals surface area (Å²) in [5.41, 5.74) is 0.986. The first kappa shape index (κ1) is 17.8. The molecule has 4 heterocycles. The molecule has 2 aliphatic heterocycles. The van der Waals surface area contributed by atoms with Crippen LogP contribution < -0.4 is 0 Å². The zero-order valence-electron chi connectivity index (χ0n) is 15.9. The highest BCUT2D eigenvalue weighted by molar-refractivity contribution is 6.00. The number of likely N-dealkylation sites (tertiary alicyclic amines) is 1. The van der Waals surface area contributed by atoms with Gasteiger partial charge >= 0.3 is 6.09 Å². The quantitative estimate of drug-likeness (QED) is 0.830. The van der Waals surface area contributed by atoms with Crippen LogP contribution in [0.1, 0.15) is 49.9 Å². The van der Waals surface area contributed by atoms with E-state index in [4.69, 9.17) is 4.74 Å². The summed E-state index contributed by atoms with van der Waals surface area (Å²) in [5.74, 6) is -0.00780. The van der Waals surface area contributed by atoms with Gasteiger partial charge in [-0.15, -0.1) is 0 Å². The van der Waals surface area contributed by atoms with Gasteiger partial charge in [-0.1, -0.05) is 19.4 Å². The maximum Gasteiger partial charge on any atom is 0.410 e. The Morgan fingerprint density at radius 3 is 2.85 bits per heavy atom. The van der Waals surface area contributed by atoms with Crippen LogP contribution in [0.4, 0.5) is 4.79 Å². The fraction of sp³-hybridized carbons (Fsp3) is 0.550.